The lowest BCUT2D eigenvalue weighted by Gasteiger charge is -2.33. The van der Waals surface area contributed by atoms with Crippen molar-refractivity contribution in [1.82, 2.24) is 4.90 Å². The third-order valence-corrected chi connectivity index (χ3v) is 5.96. The average Bonchev–Trinajstić information content (AvgIpc) is 2.69. The summed E-state index contributed by atoms with van der Waals surface area (Å²) in [6, 6.07) is 0. The first-order chi connectivity index (χ1) is 13.2. The van der Waals surface area contributed by atoms with Gasteiger partial charge in [-0.05, 0) is 19.3 Å². The number of nitrogens with zero attached hydrogens (tertiary/aromatic N) is 1. The zero-order valence-electron chi connectivity index (χ0n) is 19.2. The summed E-state index contributed by atoms with van der Waals surface area (Å²) in [4.78, 5) is 2.30. The number of hydrogen-bond acceptors (Lipinski definition) is 3. The van der Waals surface area contributed by atoms with Gasteiger partial charge in [0.1, 0.15) is 0 Å². The largest absolute Gasteiger partial charge is 0.316 e. The molecule has 2 unspecified atom stereocenters. The molecule has 0 aliphatic carbocycles. The molecule has 0 saturated heterocycles. The van der Waals surface area contributed by atoms with E-state index in [0.29, 0.717) is 0 Å². The lowest BCUT2D eigenvalue weighted by Crippen LogP contribution is -2.51. The Morgan fingerprint density at radius 2 is 0.778 bits per heavy atom. The second-order valence-electron chi connectivity index (χ2n) is 8.49. The van der Waals surface area contributed by atoms with E-state index in [1.54, 1.807) is 0 Å². The van der Waals surface area contributed by atoms with Crippen molar-refractivity contribution in [2.24, 2.45) is 11.5 Å². The summed E-state index contributed by atoms with van der Waals surface area (Å²) in [7, 11) is 0. The van der Waals surface area contributed by atoms with Crippen LogP contribution in [0.4, 0.5) is 0 Å². The average molecular weight is 384 g/mol. The molecule has 2 atom stereocenters. The number of hydrogen-bond donors (Lipinski definition) is 2. The van der Waals surface area contributed by atoms with Crippen molar-refractivity contribution in [2.45, 2.75) is 149 Å². The van der Waals surface area contributed by atoms with Crippen LogP contribution < -0.4 is 11.5 Å². The Labute approximate surface area is 172 Å². The van der Waals surface area contributed by atoms with Gasteiger partial charge >= 0.3 is 0 Å². The normalized spacial score (nSPS) is 14.0. The van der Waals surface area contributed by atoms with Gasteiger partial charge in [-0.3, -0.25) is 4.90 Å². The van der Waals surface area contributed by atoms with Crippen molar-refractivity contribution in [3.8, 4) is 0 Å². The zero-order chi connectivity index (χ0) is 20.2. The molecule has 0 heterocycles. The molecule has 0 spiro atoms. The molecule has 0 fully saturated rings. The molecule has 0 radical (unpaired) electrons. The number of rotatable bonds is 21. The SMILES string of the molecule is CCCCCCCCCCCCCCCCCCN(C(N)CC)C(N)CC. The Balaban J connectivity index is 3.35. The summed E-state index contributed by atoms with van der Waals surface area (Å²) in [5.41, 5.74) is 12.4. The molecule has 0 aromatic carbocycles. The molecule has 0 aliphatic rings. The molecular formula is C24H53N3. The van der Waals surface area contributed by atoms with Crippen LogP contribution in [-0.2, 0) is 0 Å². The minimum absolute atomic E-state index is 0.122. The predicted molar refractivity (Wildman–Crippen MR) is 123 cm³/mol. The molecule has 0 aromatic heterocycles. The van der Waals surface area contributed by atoms with Crippen LogP contribution in [0, 0.1) is 0 Å². The van der Waals surface area contributed by atoms with E-state index in [1.165, 1.54) is 103 Å². The van der Waals surface area contributed by atoms with E-state index < -0.39 is 0 Å². The smallest absolute Gasteiger partial charge is 0.0582 e. The third-order valence-electron chi connectivity index (χ3n) is 5.96. The lowest BCUT2D eigenvalue weighted by molar-refractivity contribution is 0.128. The Morgan fingerprint density at radius 1 is 0.481 bits per heavy atom. The molecule has 0 saturated carbocycles. The first-order valence-electron chi connectivity index (χ1n) is 12.4. The van der Waals surface area contributed by atoms with Crippen LogP contribution >= 0.6 is 0 Å². The highest BCUT2D eigenvalue weighted by Gasteiger charge is 2.17. The van der Waals surface area contributed by atoms with Crippen LogP contribution in [0.15, 0.2) is 0 Å². The highest BCUT2D eigenvalue weighted by atomic mass is 15.3. The molecule has 4 N–H and O–H groups in total. The summed E-state index contributed by atoms with van der Waals surface area (Å²) in [5, 5.41) is 0. The highest BCUT2D eigenvalue weighted by Crippen LogP contribution is 2.14. The van der Waals surface area contributed by atoms with Gasteiger partial charge in [0.2, 0.25) is 0 Å². The van der Waals surface area contributed by atoms with E-state index in [1.807, 2.05) is 0 Å². The van der Waals surface area contributed by atoms with Gasteiger partial charge in [0, 0.05) is 6.54 Å². The number of nitrogens with two attached hydrogens (primary N) is 2. The fourth-order valence-electron chi connectivity index (χ4n) is 3.89. The van der Waals surface area contributed by atoms with Crippen LogP contribution in [0.3, 0.4) is 0 Å². The van der Waals surface area contributed by atoms with Gasteiger partial charge in [-0.2, -0.15) is 0 Å². The van der Waals surface area contributed by atoms with Gasteiger partial charge in [-0.1, -0.05) is 117 Å². The predicted octanol–water partition coefficient (Wildman–Crippen LogP) is 6.94. The van der Waals surface area contributed by atoms with Gasteiger partial charge in [0.15, 0.2) is 0 Å². The van der Waals surface area contributed by atoms with E-state index in [2.05, 4.69) is 25.7 Å². The van der Waals surface area contributed by atoms with Gasteiger partial charge in [-0.25, -0.2) is 0 Å². The fraction of sp³-hybridized carbons (Fsp3) is 1.00. The minimum atomic E-state index is 0.122. The Hall–Kier alpha value is -0.120. The van der Waals surface area contributed by atoms with Crippen molar-refractivity contribution in [2.75, 3.05) is 6.54 Å². The van der Waals surface area contributed by atoms with Gasteiger partial charge in [0.25, 0.3) is 0 Å². The van der Waals surface area contributed by atoms with Crippen molar-refractivity contribution in [3.63, 3.8) is 0 Å². The number of unbranched alkanes of at least 4 members (excludes halogenated alkanes) is 15. The zero-order valence-corrected chi connectivity index (χ0v) is 19.2. The Kier molecular flexibility index (Phi) is 20.5. The molecule has 164 valence electrons. The molecule has 0 bridgehead atoms. The van der Waals surface area contributed by atoms with Gasteiger partial charge < -0.3 is 11.5 Å². The second kappa shape index (κ2) is 20.6. The van der Waals surface area contributed by atoms with Crippen molar-refractivity contribution in [1.29, 1.82) is 0 Å². The maximum Gasteiger partial charge on any atom is 0.0582 e. The van der Waals surface area contributed by atoms with Crippen LogP contribution in [0.5, 0.6) is 0 Å². The van der Waals surface area contributed by atoms with Gasteiger partial charge in [-0.15, -0.1) is 0 Å². The summed E-state index contributed by atoms with van der Waals surface area (Å²) >= 11 is 0. The van der Waals surface area contributed by atoms with E-state index >= 15 is 0 Å². The molecule has 27 heavy (non-hydrogen) atoms. The Morgan fingerprint density at radius 3 is 1.07 bits per heavy atom. The van der Waals surface area contributed by atoms with Crippen LogP contribution in [0.2, 0.25) is 0 Å². The standard InChI is InChI=1S/C24H53N3/c1-4-7-8-9-10-11-12-13-14-15-16-17-18-19-20-21-22-27(23(25)5-2)24(26)6-3/h23-24H,4-22,25-26H2,1-3H3. The molecular weight excluding hydrogens is 330 g/mol. The summed E-state index contributed by atoms with van der Waals surface area (Å²) in [5.74, 6) is 0. The first kappa shape index (κ1) is 26.9. The minimum Gasteiger partial charge on any atom is -0.316 e. The molecule has 0 aromatic rings. The molecule has 3 nitrogen and oxygen atoms in total. The first-order valence-corrected chi connectivity index (χ1v) is 12.4. The maximum absolute atomic E-state index is 6.21. The van der Waals surface area contributed by atoms with Crippen LogP contribution in [0.1, 0.15) is 136 Å². The molecule has 0 rings (SSSR count). The highest BCUT2D eigenvalue weighted by molar-refractivity contribution is 4.70. The maximum atomic E-state index is 6.21. The summed E-state index contributed by atoms with van der Waals surface area (Å²) in [6.45, 7) is 7.64. The van der Waals surface area contributed by atoms with Crippen molar-refractivity contribution >= 4 is 0 Å². The van der Waals surface area contributed by atoms with E-state index in [4.69, 9.17) is 11.5 Å². The molecule has 0 amide bonds. The van der Waals surface area contributed by atoms with Crippen molar-refractivity contribution < 1.29 is 0 Å². The Bertz CT molecular complexity index is 273. The fourth-order valence-corrected chi connectivity index (χ4v) is 3.89. The summed E-state index contributed by atoms with van der Waals surface area (Å²) < 4.78 is 0. The molecule has 0 aliphatic heterocycles. The van der Waals surface area contributed by atoms with E-state index in [0.717, 1.165) is 19.4 Å². The second-order valence-corrected chi connectivity index (χ2v) is 8.49. The third kappa shape index (κ3) is 16.5. The topological polar surface area (TPSA) is 55.3 Å². The summed E-state index contributed by atoms with van der Waals surface area (Å²) in [6.07, 6.45) is 24.8. The van der Waals surface area contributed by atoms with Crippen molar-refractivity contribution in [3.05, 3.63) is 0 Å². The van der Waals surface area contributed by atoms with E-state index in [-0.39, 0.29) is 12.3 Å². The van der Waals surface area contributed by atoms with Crippen LogP contribution in [-0.4, -0.2) is 23.8 Å². The quantitative estimate of drug-likeness (QED) is 0.167. The van der Waals surface area contributed by atoms with Gasteiger partial charge in [0.05, 0.1) is 12.3 Å². The van der Waals surface area contributed by atoms with Crippen LogP contribution in [0.25, 0.3) is 0 Å². The van der Waals surface area contributed by atoms with E-state index in [9.17, 15) is 0 Å². The molecule has 3 heteroatoms. The lowest BCUT2D eigenvalue weighted by atomic mass is 10.0. The monoisotopic (exact) mass is 383 g/mol.